The second kappa shape index (κ2) is 6.19. The van der Waals surface area contributed by atoms with Crippen LogP contribution in [0, 0.1) is 3.95 Å². The summed E-state index contributed by atoms with van der Waals surface area (Å²) >= 11 is 6.56. The lowest BCUT2D eigenvalue weighted by atomic mass is 10.3. The second-order valence-electron chi connectivity index (χ2n) is 4.68. The Balaban J connectivity index is 1.91. The number of anilines is 1. The Morgan fingerprint density at radius 1 is 1.32 bits per heavy atom. The summed E-state index contributed by atoms with van der Waals surface area (Å²) < 4.78 is 66.3. The number of thiophene rings is 1. The van der Waals surface area contributed by atoms with Gasteiger partial charge in [0.1, 0.15) is 15.6 Å². The minimum Gasteiger partial charge on any atom is -0.263 e. The van der Waals surface area contributed by atoms with E-state index in [1.54, 1.807) is 0 Å². The number of aromatic amines is 1. The van der Waals surface area contributed by atoms with Crippen LogP contribution in [0.5, 0.6) is 0 Å². The number of halogens is 3. The number of alkyl halides is 3. The van der Waals surface area contributed by atoms with Crippen molar-refractivity contribution in [3.8, 4) is 10.6 Å². The molecule has 14 heteroatoms. The van der Waals surface area contributed by atoms with Gasteiger partial charge in [-0.25, -0.2) is 8.42 Å². The van der Waals surface area contributed by atoms with Crippen molar-refractivity contribution in [3.63, 3.8) is 0 Å². The number of hydrogen-bond donors (Lipinski definition) is 2. The average Bonchev–Trinajstić information content (AvgIpc) is 3.17. The van der Waals surface area contributed by atoms with Crippen LogP contribution in [-0.2, 0) is 23.2 Å². The van der Waals surface area contributed by atoms with E-state index in [1.165, 1.54) is 19.2 Å². The summed E-state index contributed by atoms with van der Waals surface area (Å²) in [5.74, 6) is 0. The molecular formula is C11H8F3N5O2S4. The third kappa shape index (κ3) is 3.75. The second-order valence-corrected chi connectivity index (χ2v) is 9.34. The van der Waals surface area contributed by atoms with E-state index in [1.807, 2.05) is 0 Å². The zero-order valence-electron chi connectivity index (χ0n) is 12.2. The Morgan fingerprint density at radius 3 is 2.60 bits per heavy atom. The molecule has 134 valence electrons. The van der Waals surface area contributed by atoms with Crippen LogP contribution >= 0.6 is 34.9 Å². The molecule has 0 aliphatic rings. The van der Waals surface area contributed by atoms with Gasteiger partial charge in [0.2, 0.25) is 5.13 Å². The smallest absolute Gasteiger partial charge is 0.263 e. The van der Waals surface area contributed by atoms with Gasteiger partial charge in [0.15, 0.2) is 3.95 Å². The number of nitrogens with one attached hydrogen (secondary N) is 2. The lowest BCUT2D eigenvalue weighted by Gasteiger charge is -2.04. The molecule has 0 atom stereocenters. The molecule has 0 aliphatic heterocycles. The van der Waals surface area contributed by atoms with Gasteiger partial charge in [0.05, 0.1) is 4.88 Å². The van der Waals surface area contributed by atoms with Gasteiger partial charge in [-0.2, -0.15) is 18.3 Å². The Hall–Kier alpha value is -1.77. The highest BCUT2D eigenvalue weighted by Crippen LogP contribution is 2.35. The molecule has 7 nitrogen and oxygen atoms in total. The Morgan fingerprint density at radius 2 is 2.04 bits per heavy atom. The van der Waals surface area contributed by atoms with Crippen LogP contribution in [0.25, 0.3) is 10.6 Å². The van der Waals surface area contributed by atoms with E-state index in [2.05, 4.69) is 20.0 Å². The number of hydrogen-bond acceptors (Lipinski definition) is 7. The molecule has 3 aromatic rings. The fraction of sp³-hybridized carbons (Fsp3) is 0.182. The first kappa shape index (κ1) is 18.0. The van der Waals surface area contributed by atoms with Crippen molar-refractivity contribution < 1.29 is 21.6 Å². The first-order valence-electron chi connectivity index (χ1n) is 6.36. The molecule has 0 aliphatic carbocycles. The summed E-state index contributed by atoms with van der Waals surface area (Å²) in [5.41, 5.74) is -0.883. The number of rotatable bonds is 4. The first-order valence-corrected chi connectivity index (χ1v) is 9.88. The third-order valence-electron chi connectivity index (χ3n) is 2.93. The highest BCUT2D eigenvalue weighted by molar-refractivity contribution is 7.95. The topological polar surface area (TPSA) is 92.7 Å². The summed E-state index contributed by atoms with van der Waals surface area (Å²) in [5, 5.41) is 9.99. The van der Waals surface area contributed by atoms with Gasteiger partial charge in [-0.1, -0.05) is 11.3 Å². The van der Waals surface area contributed by atoms with E-state index in [0.717, 1.165) is 28.7 Å². The Kier molecular flexibility index (Phi) is 4.47. The molecule has 2 N–H and O–H groups in total. The Bertz CT molecular complexity index is 1080. The average molecular weight is 427 g/mol. The summed E-state index contributed by atoms with van der Waals surface area (Å²) in [4.78, 5) is 0.293. The quantitative estimate of drug-likeness (QED) is 0.622. The van der Waals surface area contributed by atoms with Gasteiger partial charge in [0.25, 0.3) is 10.0 Å². The predicted octanol–water partition coefficient (Wildman–Crippen LogP) is 3.48. The van der Waals surface area contributed by atoms with Crippen molar-refractivity contribution in [2.24, 2.45) is 7.05 Å². The van der Waals surface area contributed by atoms with Gasteiger partial charge in [0, 0.05) is 7.05 Å². The van der Waals surface area contributed by atoms with Gasteiger partial charge >= 0.3 is 6.18 Å². The molecule has 3 heterocycles. The van der Waals surface area contributed by atoms with Crippen molar-refractivity contribution in [1.29, 1.82) is 0 Å². The minimum absolute atomic E-state index is 0.0386. The van der Waals surface area contributed by atoms with Crippen molar-refractivity contribution in [3.05, 3.63) is 27.8 Å². The molecule has 0 aromatic carbocycles. The Labute approximate surface area is 152 Å². The molecule has 0 amide bonds. The summed E-state index contributed by atoms with van der Waals surface area (Å²) in [7, 11) is -2.75. The highest BCUT2D eigenvalue weighted by atomic mass is 32.2. The number of sulfonamides is 1. The molecule has 0 unspecified atom stereocenters. The van der Waals surface area contributed by atoms with Crippen molar-refractivity contribution in [2.45, 2.75) is 10.4 Å². The normalized spacial score (nSPS) is 12.5. The third-order valence-corrected chi connectivity index (χ3v) is 7.00. The molecule has 3 rings (SSSR count). The maximum absolute atomic E-state index is 12.8. The van der Waals surface area contributed by atoms with E-state index in [-0.39, 0.29) is 15.0 Å². The van der Waals surface area contributed by atoms with E-state index in [9.17, 15) is 21.6 Å². The van der Waals surface area contributed by atoms with Crippen molar-refractivity contribution in [1.82, 2.24) is 20.0 Å². The minimum atomic E-state index is -4.54. The molecule has 0 saturated heterocycles. The largest absolute Gasteiger partial charge is 0.433 e. The van der Waals surface area contributed by atoms with Gasteiger partial charge in [-0.05, 0) is 30.4 Å². The monoisotopic (exact) mass is 427 g/mol. The van der Waals surface area contributed by atoms with E-state index in [4.69, 9.17) is 12.2 Å². The molecule has 25 heavy (non-hydrogen) atoms. The van der Waals surface area contributed by atoms with Crippen molar-refractivity contribution >= 4 is 50.0 Å². The van der Waals surface area contributed by atoms with Crippen molar-refractivity contribution in [2.75, 3.05) is 4.72 Å². The maximum Gasteiger partial charge on any atom is 0.433 e. The summed E-state index contributed by atoms with van der Waals surface area (Å²) in [6.07, 6.45) is -4.54. The lowest BCUT2D eigenvalue weighted by Crippen LogP contribution is -2.11. The van der Waals surface area contributed by atoms with Crippen LogP contribution in [0.1, 0.15) is 5.69 Å². The number of aryl methyl sites for hydroxylation is 1. The SMILES string of the molecule is Cn1nc(-c2ccc(S(=O)(=O)Nc3n[nH]c(=S)s3)s2)cc1C(F)(F)F. The molecule has 3 aromatic heterocycles. The van der Waals surface area contributed by atoms with Crippen LogP contribution in [0.2, 0.25) is 0 Å². The molecule has 0 spiro atoms. The van der Waals surface area contributed by atoms with Gasteiger partial charge in [-0.3, -0.25) is 14.5 Å². The van der Waals surface area contributed by atoms with E-state index >= 15 is 0 Å². The lowest BCUT2D eigenvalue weighted by molar-refractivity contribution is -0.143. The van der Waals surface area contributed by atoms with Gasteiger partial charge < -0.3 is 0 Å². The first-order chi connectivity index (χ1) is 11.6. The fourth-order valence-electron chi connectivity index (χ4n) is 1.89. The van der Waals surface area contributed by atoms with Crippen LogP contribution < -0.4 is 4.72 Å². The highest BCUT2D eigenvalue weighted by Gasteiger charge is 2.35. The molecule has 0 radical (unpaired) electrons. The number of aromatic nitrogens is 4. The zero-order chi connectivity index (χ0) is 18.4. The molecule has 0 saturated carbocycles. The van der Waals surface area contributed by atoms with E-state index in [0.29, 0.717) is 13.5 Å². The molecule has 0 fully saturated rings. The number of H-pyrrole nitrogens is 1. The number of nitrogens with zero attached hydrogens (tertiary/aromatic N) is 3. The van der Waals surface area contributed by atoms with Gasteiger partial charge in [-0.15, -0.1) is 16.4 Å². The zero-order valence-corrected chi connectivity index (χ0v) is 15.4. The predicted molar refractivity (Wildman–Crippen MR) is 89.6 cm³/mol. The fourth-order valence-corrected chi connectivity index (χ4v) is 5.18. The summed E-state index contributed by atoms with van der Waals surface area (Å²) in [6, 6.07) is 3.55. The van der Waals surface area contributed by atoms with Crippen LogP contribution in [-0.4, -0.2) is 28.4 Å². The maximum atomic E-state index is 12.8. The molecule has 0 bridgehead atoms. The van der Waals surface area contributed by atoms with Crippen LogP contribution in [0.15, 0.2) is 22.4 Å². The molecular weight excluding hydrogens is 419 g/mol. The summed E-state index contributed by atoms with van der Waals surface area (Å²) in [6.45, 7) is 0. The van der Waals surface area contributed by atoms with Crippen LogP contribution in [0.3, 0.4) is 0 Å². The standard InChI is InChI=1S/C11H8F3N5O2S4/c1-19-7(11(12,13)14)4-5(17-19)6-2-3-8(23-6)25(20,21)18-9-15-16-10(22)24-9/h2-4H,1H3,(H,15,18)(H,16,22). The van der Waals surface area contributed by atoms with E-state index < -0.39 is 21.9 Å². The van der Waals surface area contributed by atoms with Crippen LogP contribution in [0.4, 0.5) is 18.3 Å².